The zero-order valence-electron chi connectivity index (χ0n) is 8.14. The minimum atomic E-state index is -0.983. The van der Waals surface area contributed by atoms with Crippen LogP contribution in [0.5, 0.6) is 0 Å². The van der Waals surface area contributed by atoms with Crippen LogP contribution in [0.2, 0.25) is 0 Å². The van der Waals surface area contributed by atoms with Gasteiger partial charge >= 0.3 is 5.97 Å². The molecule has 0 amide bonds. The van der Waals surface area contributed by atoms with Crippen LogP contribution in [-0.4, -0.2) is 17.1 Å². The van der Waals surface area contributed by atoms with Crippen molar-refractivity contribution < 1.29 is 9.90 Å². The van der Waals surface area contributed by atoms with E-state index < -0.39 is 5.97 Å². The molecule has 0 fully saturated rings. The summed E-state index contributed by atoms with van der Waals surface area (Å²) in [5, 5.41) is 16.6. The number of carboxylic acid groups (broad SMARTS) is 1. The molecule has 0 aliphatic carbocycles. The van der Waals surface area contributed by atoms with Crippen molar-refractivity contribution in [2.45, 2.75) is 19.9 Å². The van der Waals surface area contributed by atoms with Crippen molar-refractivity contribution in [3.63, 3.8) is 0 Å². The van der Waals surface area contributed by atoms with Crippen molar-refractivity contribution in [2.75, 3.05) is 0 Å². The van der Waals surface area contributed by atoms with Gasteiger partial charge in [-0.1, -0.05) is 12.1 Å². The molecule has 0 radical (unpaired) electrons. The lowest BCUT2D eigenvalue weighted by Gasteiger charge is -1.99. The summed E-state index contributed by atoms with van der Waals surface area (Å²) in [5.41, 5.74) is 0.575. The van der Waals surface area contributed by atoms with E-state index in [9.17, 15) is 4.79 Å². The smallest absolute Gasteiger partial charge is 0.337 e. The lowest BCUT2D eigenvalue weighted by atomic mass is 10.2. The minimum Gasteiger partial charge on any atom is -0.478 e. The molecule has 4 heteroatoms. The third kappa shape index (κ3) is 2.65. The molecular formula is C10H12N2O2. The molecule has 0 heterocycles. The van der Waals surface area contributed by atoms with Crippen LogP contribution in [0.3, 0.4) is 0 Å². The number of benzene rings is 1. The second kappa shape index (κ2) is 4.50. The average Bonchev–Trinajstić information content (AvgIpc) is 2.15. The maximum atomic E-state index is 10.8. The number of nitrogens with zero attached hydrogens (tertiary/aromatic N) is 2. The van der Waals surface area contributed by atoms with Crippen LogP contribution in [-0.2, 0) is 0 Å². The highest BCUT2D eigenvalue weighted by Crippen LogP contribution is 2.19. The van der Waals surface area contributed by atoms with Gasteiger partial charge in [0.05, 0.1) is 17.3 Å². The predicted molar refractivity (Wildman–Crippen MR) is 53.1 cm³/mol. The van der Waals surface area contributed by atoms with E-state index in [0.717, 1.165) is 0 Å². The molecule has 0 aliphatic rings. The maximum absolute atomic E-state index is 10.8. The van der Waals surface area contributed by atoms with Gasteiger partial charge in [-0.05, 0) is 26.0 Å². The second-order valence-corrected chi connectivity index (χ2v) is 3.13. The summed E-state index contributed by atoms with van der Waals surface area (Å²) in [5.74, 6) is -0.983. The Kier molecular flexibility index (Phi) is 3.34. The first kappa shape index (κ1) is 10.4. The SMILES string of the molecule is CC(C)/N=N/c1ccccc1C(=O)O. The van der Waals surface area contributed by atoms with Crippen LogP contribution < -0.4 is 0 Å². The fraction of sp³-hybridized carbons (Fsp3) is 0.300. The Hall–Kier alpha value is -1.71. The Morgan fingerprint density at radius 3 is 2.57 bits per heavy atom. The summed E-state index contributed by atoms with van der Waals surface area (Å²) < 4.78 is 0. The third-order valence-electron chi connectivity index (χ3n) is 1.53. The zero-order valence-corrected chi connectivity index (χ0v) is 8.14. The fourth-order valence-corrected chi connectivity index (χ4v) is 0.919. The van der Waals surface area contributed by atoms with E-state index >= 15 is 0 Å². The molecule has 1 aromatic rings. The summed E-state index contributed by atoms with van der Waals surface area (Å²) >= 11 is 0. The van der Waals surface area contributed by atoms with Gasteiger partial charge < -0.3 is 5.11 Å². The molecular weight excluding hydrogens is 180 g/mol. The van der Waals surface area contributed by atoms with Crippen molar-refractivity contribution >= 4 is 11.7 Å². The first-order chi connectivity index (χ1) is 6.61. The largest absolute Gasteiger partial charge is 0.478 e. The molecule has 74 valence electrons. The topological polar surface area (TPSA) is 62.0 Å². The molecule has 0 spiro atoms. The van der Waals surface area contributed by atoms with Crippen LogP contribution in [0.25, 0.3) is 0 Å². The average molecular weight is 192 g/mol. The molecule has 0 atom stereocenters. The summed E-state index contributed by atoms with van der Waals surface area (Å²) in [6.07, 6.45) is 0. The van der Waals surface area contributed by atoms with E-state index in [2.05, 4.69) is 10.2 Å². The van der Waals surface area contributed by atoms with Crippen molar-refractivity contribution in [1.29, 1.82) is 0 Å². The van der Waals surface area contributed by atoms with Crippen molar-refractivity contribution in [2.24, 2.45) is 10.2 Å². The van der Waals surface area contributed by atoms with E-state index in [-0.39, 0.29) is 11.6 Å². The van der Waals surface area contributed by atoms with Crippen LogP contribution >= 0.6 is 0 Å². The standard InChI is InChI=1S/C10H12N2O2/c1-7(2)11-12-9-6-4-3-5-8(9)10(13)14/h3-7H,1-2H3,(H,13,14)/b12-11+. The van der Waals surface area contributed by atoms with E-state index in [0.29, 0.717) is 5.69 Å². The molecule has 0 unspecified atom stereocenters. The summed E-state index contributed by atoms with van der Waals surface area (Å²) in [6.45, 7) is 3.76. The quantitative estimate of drug-likeness (QED) is 0.748. The lowest BCUT2D eigenvalue weighted by Crippen LogP contribution is -1.96. The molecule has 1 N–H and O–H groups in total. The zero-order chi connectivity index (χ0) is 10.6. The third-order valence-corrected chi connectivity index (χ3v) is 1.53. The second-order valence-electron chi connectivity index (χ2n) is 3.13. The Balaban J connectivity index is 3.02. The van der Waals surface area contributed by atoms with Gasteiger partial charge in [0.25, 0.3) is 0 Å². The van der Waals surface area contributed by atoms with Crippen LogP contribution in [0, 0.1) is 0 Å². The Morgan fingerprint density at radius 1 is 1.36 bits per heavy atom. The molecule has 1 aromatic carbocycles. The van der Waals surface area contributed by atoms with Crippen LogP contribution in [0.1, 0.15) is 24.2 Å². The molecule has 0 bridgehead atoms. The Labute approximate surface area is 82.3 Å². The molecule has 4 nitrogen and oxygen atoms in total. The fourth-order valence-electron chi connectivity index (χ4n) is 0.919. The van der Waals surface area contributed by atoms with E-state index in [1.165, 1.54) is 6.07 Å². The Morgan fingerprint density at radius 2 is 2.00 bits per heavy atom. The van der Waals surface area contributed by atoms with E-state index in [1.54, 1.807) is 18.2 Å². The van der Waals surface area contributed by atoms with Gasteiger partial charge in [-0.2, -0.15) is 10.2 Å². The molecule has 1 rings (SSSR count). The highest BCUT2D eigenvalue weighted by atomic mass is 16.4. The molecule has 0 saturated carbocycles. The van der Waals surface area contributed by atoms with Gasteiger partial charge in [0.15, 0.2) is 0 Å². The highest BCUT2D eigenvalue weighted by molar-refractivity contribution is 5.93. The molecule has 0 aromatic heterocycles. The first-order valence-corrected chi connectivity index (χ1v) is 4.34. The predicted octanol–water partition coefficient (Wildman–Crippen LogP) is 2.88. The number of carboxylic acids is 1. The summed E-state index contributed by atoms with van der Waals surface area (Å²) in [6, 6.07) is 6.61. The number of carbonyl (C=O) groups is 1. The molecule has 0 saturated heterocycles. The summed E-state index contributed by atoms with van der Waals surface area (Å²) in [4.78, 5) is 10.8. The van der Waals surface area contributed by atoms with Crippen LogP contribution in [0.15, 0.2) is 34.5 Å². The molecule has 0 aliphatic heterocycles. The van der Waals surface area contributed by atoms with Gasteiger partial charge in [-0.3, -0.25) is 0 Å². The van der Waals surface area contributed by atoms with Crippen LogP contribution in [0.4, 0.5) is 5.69 Å². The van der Waals surface area contributed by atoms with Crippen molar-refractivity contribution in [3.8, 4) is 0 Å². The number of hydrogen-bond donors (Lipinski definition) is 1. The monoisotopic (exact) mass is 192 g/mol. The van der Waals surface area contributed by atoms with Gasteiger partial charge in [0.2, 0.25) is 0 Å². The molecule has 14 heavy (non-hydrogen) atoms. The summed E-state index contributed by atoms with van der Waals surface area (Å²) in [7, 11) is 0. The number of azo groups is 1. The normalized spacial score (nSPS) is 11.1. The van der Waals surface area contributed by atoms with Gasteiger partial charge in [0, 0.05) is 0 Å². The van der Waals surface area contributed by atoms with Gasteiger partial charge in [-0.25, -0.2) is 4.79 Å². The number of hydrogen-bond acceptors (Lipinski definition) is 3. The van der Waals surface area contributed by atoms with Gasteiger partial charge in [0.1, 0.15) is 0 Å². The Bertz CT molecular complexity index is 359. The van der Waals surface area contributed by atoms with Crippen molar-refractivity contribution in [1.82, 2.24) is 0 Å². The number of aromatic carboxylic acids is 1. The maximum Gasteiger partial charge on any atom is 0.337 e. The first-order valence-electron chi connectivity index (χ1n) is 4.34. The lowest BCUT2D eigenvalue weighted by molar-refractivity contribution is 0.0697. The van der Waals surface area contributed by atoms with E-state index in [1.807, 2.05) is 13.8 Å². The number of rotatable bonds is 3. The highest BCUT2D eigenvalue weighted by Gasteiger charge is 2.07. The van der Waals surface area contributed by atoms with Gasteiger partial charge in [-0.15, -0.1) is 0 Å². The minimum absolute atomic E-state index is 0.0665. The van der Waals surface area contributed by atoms with E-state index in [4.69, 9.17) is 5.11 Å². The van der Waals surface area contributed by atoms with Crippen molar-refractivity contribution in [3.05, 3.63) is 29.8 Å².